The van der Waals surface area contributed by atoms with Gasteiger partial charge in [0.1, 0.15) is 20.8 Å². The SMILES string of the molecule is CCOCCOCCOc1c(Br)sc(Br)c1OCCOCCOCC. The third kappa shape index (κ3) is 10.1. The molecule has 1 rings (SSSR count). The number of thiophene rings is 1. The minimum absolute atomic E-state index is 0.440. The zero-order valence-electron chi connectivity index (χ0n) is 14.7. The average Bonchev–Trinajstić information content (AvgIpc) is 2.86. The van der Waals surface area contributed by atoms with Crippen LogP contribution in [0.3, 0.4) is 0 Å². The summed E-state index contributed by atoms with van der Waals surface area (Å²) in [5.74, 6) is 1.36. The van der Waals surface area contributed by atoms with Crippen LogP contribution in [0.1, 0.15) is 13.8 Å². The molecule has 0 spiro atoms. The number of hydrogen-bond donors (Lipinski definition) is 0. The average molecular weight is 506 g/mol. The Morgan fingerprint density at radius 2 is 0.960 bits per heavy atom. The first-order chi connectivity index (χ1) is 12.2. The fraction of sp³-hybridized carbons (Fsp3) is 0.750. The Balaban J connectivity index is 2.27. The van der Waals surface area contributed by atoms with Crippen LogP contribution in [-0.2, 0) is 18.9 Å². The van der Waals surface area contributed by atoms with Crippen molar-refractivity contribution < 1.29 is 28.4 Å². The van der Waals surface area contributed by atoms with E-state index in [0.29, 0.717) is 77.6 Å². The number of rotatable bonds is 16. The Morgan fingerprint density at radius 1 is 0.600 bits per heavy atom. The van der Waals surface area contributed by atoms with Gasteiger partial charge in [0, 0.05) is 13.2 Å². The molecule has 9 heteroatoms. The molecule has 0 bridgehead atoms. The van der Waals surface area contributed by atoms with Gasteiger partial charge in [0.25, 0.3) is 0 Å². The first-order valence-electron chi connectivity index (χ1n) is 8.25. The quantitative estimate of drug-likeness (QED) is 0.315. The summed E-state index contributed by atoms with van der Waals surface area (Å²) in [6.45, 7) is 9.51. The highest BCUT2D eigenvalue weighted by molar-refractivity contribution is 9.12. The van der Waals surface area contributed by atoms with Gasteiger partial charge in [0.2, 0.25) is 0 Å². The zero-order valence-corrected chi connectivity index (χ0v) is 18.7. The minimum atomic E-state index is 0.440. The van der Waals surface area contributed by atoms with Crippen molar-refractivity contribution in [2.75, 3.05) is 66.1 Å². The molecule has 1 aromatic rings. The summed E-state index contributed by atoms with van der Waals surface area (Å²) in [5.41, 5.74) is 0. The van der Waals surface area contributed by atoms with Gasteiger partial charge < -0.3 is 28.4 Å². The second-order valence-corrected chi connectivity index (χ2v) is 8.28. The number of halogens is 2. The smallest absolute Gasteiger partial charge is 0.187 e. The van der Waals surface area contributed by atoms with Gasteiger partial charge in [-0.2, -0.15) is 0 Å². The Labute approximate surface area is 170 Å². The van der Waals surface area contributed by atoms with Gasteiger partial charge in [-0.15, -0.1) is 11.3 Å². The predicted molar refractivity (Wildman–Crippen MR) is 105 cm³/mol. The Bertz CT molecular complexity index is 420. The molecule has 1 aromatic heterocycles. The molecule has 0 radical (unpaired) electrons. The standard InChI is InChI=1S/C16H26Br2O6S/c1-3-19-5-7-21-9-11-23-13-14(16(18)25-15(13)17)24-12-10-22-8-6-20-4-2/h3-12H2,1-2H3. The second-order valence-electron chi connectivity index (χ2n) is 4.62. The predicted octanol–water partition coefficient (Wildman–Crippen LogP) is 4.14. The molecule has 0 N–H and O–H groups in total. The first-order valence-corrected chi connectivity index (χ1v) is 10.6. The van der Waals surface area contributed by atoms with Gasteiger partial charge in [-0.05, 0) is 45.7 Å². The van der Waals surface area contributed by atoms with E-state index in [1.165, 1.54) is 11.3 Å². The van der Waals surface area contributed by atoms with Gasteiger partial charge >= 0.3 is 0 Å². The topological polar surface area (TPSA) is 55.4 Å². The van der Waals surface area contributed by atoms with E-state index in [4.69, 9.17) is 28.4 Å². The molecule has 6 nitrogen and oxygen atoms in total. The molecule has 0 saturated heterocycles. The fourth-order valence-electron chi connectivity index (χ4n) is 1.73. The molecule has 0 aliphatic heterocycles. The van der Waals surface area contributed by atoms with Crippen molar-refractivity contribution in [1.82, 2.24) is 0 Å². The Hall–Kier alpha value is 0.1000. The van der Waals surface area contributed by atoms with Crippen LogP contribution in [-0.4, -0.2) is 66.1 Å². The number of ether oxygens (including phenoxy) is 6. The lowest BCUT2D eigenvalue weighted by molar-refractivity contribution is 0.0369. The molecule has 25 heavy (non-hydrogen) atoms. The molecule has 0 aliphatic carbocycles. The van der Waals surface area contributed by atoms with Crippen LogP contribution in [0.5, 0.6) is 11.5 Å². The lowest BCUT2D eigenvalue weighted by atomic mass is 10.5. The van der Waals surface area contributed by atoms with Crippen molar-refractivity contribution in [3.05, 3.63) is 7.57 Å². The monoisotopic (exact) mass is 504 g/mol. The van der Waals surface area contributed by atoms with E-state index in [2.05, 4.69) is 31.9 Å². The van der Waals surface area contributed by atoms with Crippen LogP contribution < -0.4 is 9.47 Å². The van der Waals surface area contributed by atoms with Crippen molar-refractivity contribution in [3.8, 4) is 11.5 Å². The molecule has 0 atom stereocenters. The van der Waals surface area contributed by atoms with Crippen LogP contribution in [0.15, 0.2) is 7.57 Å². The van der Waals surface area contributed by atoms with Crippen molar-refractivity contribution >= 4 is 43.2 Å². The van der Waals surface area contributed by atoms with E-state index >= 15 is 0 Å². The van der Waals surface area contributed by atoms with Gasteiger partial charge in [-0.25, -0.2) is 0 Å². The summed E-state index contributed by atoms with van der Waals surface area (Å²) in [5, 5.41) is 0. The van der Waals surface area contributed by atoms with Crippen LogP contribution in [0.25, 0.3) is 0 Å². The molecule has 0 saturated carbocycles. The lowest BCUT2D eigenvalue weighted by Gasteiger charge is -2.11. The highest BCUT2D eigenvalue weighted by Gasteiger charge is 2.18. The summed E-state index contributed by atoms with van der Waals surface area (Å²) in [7, 11) is 0. The second kappa shape index (κ2) is 15.2. The van der Waals surface area contributed by atoms with Crippen LogP contribution in [0, 0.1) is 0 Å². The van der Waals surface area contributed by atoms with E-state index in [9.17, 15) is 0 Å². The molecular formula is C16H26Br2O6S. The van der Waals surface area contributed by atoms with Crippen molar-refractivity contribution in [2.24, 2.45) is 0 Å². The van der Waals surface area contributed by atoms with Crippen LogP contribution in [0.4, 0.5) is 0 Å². The first kappa shape index (κ1) is 23.1. The van der Waals surface area contributed by atoms with E-state index in [1.807, 2.05) is 13.8 Å². The maximum Gasteiger partial charge on any atom is 0.187 e. The van der Waals surface area contributed by atoms with Crippen molar-refractivity contribution in [2.45, 2.75) is 13.8 Å². The maximum atomic E-state index is 5.79. The summed E-state index contributed by atoms with van der Waals surface area (Å²) >= 11 is 8.50. The van der Waals surface area contributed by atoms with Crippen LogP contribution >= 0.6 is 43.2 Å². The van der Waals surface area contributed by atoms with Crippen LogP contribution in [0.2, 0.25) is 0 Å². The van der Waals surface area contributed by atoms with Crippen molar-refractivity contribution in [1.29, 1.82) is 0 Å². The molecule has 0 unspecified atom stereocenters. The third-order valence-electron chi connectivity index (χ3n) is 2.84. The molecule has 0 aliphatic rings. The highest BCUT2D eigenvalue weighted by Crippen LogP contribution is 2.48. The molecule has 0 aromatic carbocycles. The van der Waals surface area contributed by atoms with Crippen molar-refractivity contribution in [3.63, 3.8) is 0 Å². The molecular weight excluding hydrogens is 480 g/mol. The fourth-order valence-corrected chi connectivity index (χ4v) is 4.59. The zero-order chi connectivity index (χ0) is 18.3. The van der Waals surface area contributed by atoms with E-state index in [0.717, 1.165) is 7.57 Å². The Morgan fingerprint density at radius 3 is 1.36 bits per heavy atom. The third-order valence-corrected chi connectivity index (χ3v) is 5.26. The number of hydrogen-bond acceptors (Lipinski definition) is 7. The van der Waals surface area contributed by atoms with E-state index < -0.39 is 0 Å². The minimum Gasteiger partial charge on any atom is -0.485 e. The van der Waals surface area contributed by atoms with Gasteiger partial charge in [0.15, 0.2) is 11.5 Å². The normalized spacial score (nSPS) is 11.0. The summed E-state index contributed by atoms with van der Waals surface area (Å²) in [6, 6.07) is 0. The molecule has 1 heterocycles. The van der Waals surface area contributed by atoms with Gasteiger partial charge in [-0.3, -0.25) is 0 Å². The lowest BCUT2D eigenvalue weighted by Crippen LogP contribution is -2.12. The summed E-state index contributed by atoms with van der Waals surface area (Å²) in [6.07, 6.45) is 0. The highest BCUT2D eigenvalue weighted by atomic mass is 79.9. The maximum absolute atomic E-state index is 5.79. The molecule has 146 valence electrons. The summed E-state index contributed by atoms with van der Waals surface area (Å²) < 4.78 is 34.6. The largest absolute Gasteiger partial charge is 0.485 e. The molecule has 0 amide bonds. The van der Waals surface area contributed by atoms with Gasteiger partial charge in [0.05, 0.1) is 39.6 Å². The molecule has 0 fully saturated rings. The summed E-state index contributed by atoms with van der Waals surface area (Å²) in [4.78, 5) is 0. The van der Waals surface area contributed by atoms with Gasteiger partial charge in [-0.1, -0.05) is 0 Å². The Kier molecular flexibility index (Phi) is 14.1. The van der Waals surface area contributed by atoms with E-state index in [-0.39, 0.29) is 0 Å². The van der Waals surface area contributed by atoms with E-state index in [1.54, 1.807) is 0 Å².